The zero-order valence-electron chi connectivity index (χ0n) is 7.45. The Hall–Kier alpha value is -0.690. The normalized spacial score (nSPS) is 7.08. The minimum atomic E-state index is -0.833. The minimum absolute atomic E-state index is 0.125. The first-order chi connectivity index (χ1) is 5.56. The molecule has 0 heterocycles. The summed E-state index contributed by atoms with van der Waals surface area (Å²) in [7, 11) is 0. The van der Waals surface area contributed by atoms with E-state index in [1.165, 1.54) is 0 Å². The van der Waals surface area contributed by atoms with Gasteiger partial charge in [-0.25, -0.2) is 0 Å². The van der Waals surface area contributed by atoms with Crippen molar-refractivity contribution >= 4 is 5.97 Å². The molecule has 0 atom stereocenters. The zero-order valence-corrected chi connectivity index (χ0v) is 7.45. The number of hydrogen-bond donors (Lipinski definition) is 5. The van der Waals surface area contributed by atoms with Crippen molar-refractivity contribution in [3.05, 3.63) is 0 Å². The van der Waals surface area contributed by atoms with Crippen LogP contribution in [0.25, 0.3) is 0 Å². The molecule has 0 unspecified atom stereocenters. The van der Waals surface area contributed by atoms with E-state index in [1.54, 1.807) is 0 Å². The second-order valence-corrected chi connectivity index (χ2v) is 1.52. The number of hydrazine groups is 1. The zero-order chi connectivity index (χ0) is 10.4. The van der Waals surface area contributed by atoms with Crippen LogP contribution in [0.1, 0.15) is 13.8 Å². The lowest BCUT2D eigenvalue weighted by atomic mass is 10.8. The highest BCUT2D eigenvalue weighted by atomic mass is 16.4. The smallest absolute Gasteiger partial charge is 0.300 e. The van der Waals surface area contributed by atoms with Crippen LogP contribution in [0.4, 0.5) is 0 Å². The Morgan fingerprint density at radius 3 is 1.58 bits per heavy atom. The van der Waals surface area contributed by atoms with E-state index < -0.39 is 5.97 Å². The Bertz CT molecular complexity index is 67.9. The summed E-state index contributed by atoms with van der Waals surface area (Å²) in [6.07, 6.45) is 0. The minimum Gasteiger partial charge on any atom is -0.481 e. The van der Waals surface area contributed by atoms with Crippen LogP contribution in [0.5, 0.6) is 0 Å². The second kappa shape index (κ2) is 22.4. The van der Waals surface area contributed by atoms with Gasteiger partial charge < -0.3 is 15.3 Å². The molecule has 76 valence electrons. The molecule has 0 fully saturated rings. The van der Waals surface area contributed by atoms with Crippen molar-refractivity contribution < 1.29 is 20.1 Å². The van der Waals surface area contributed by atoms with Gasteiger partial charge >= 0.3 is 0 Å². The van der Waals surface area contributed by atoms with E-state index >= 15 is 0 Å². The molecule has 0 aliphatic carbocycles. The average molecular weight is 182 g/mol. The molecule has 6 nitrogen and oxygen atoms in total. The molecule has 0 aromatic carbocycles. The fourth-order valence-electron chi connectivity index (χ4n) is 0. The molecule has 0 saturated carbocycles. The molecule has 6 N–H and O–H groups in total. The highest BCUT2D eigenvalue weighted by molar-refractivity contribution is 5.62. The number of carboxylic acid groups (broad SMARTS) is 1. The summed E-state index contributed by atoms with van der Waals surface area (Å²) in [6.45, 7) is 3.62. The second-order valence-electron chi connectivity index (χ2n) is 1.52. The van der Waals surface area contributed by atoms with Gasteiger partial charge in [0.1, 0.15) is 0 Å². The van der Waals surface area contributed by atoms with Crippen molar-refractivity contribution in [1.82, 2.24) is 5.43 Å². The van der Waals surface area contributed by atoms with Crippen LogP contribution in [0.2, 0.25) is 0 Å². The van der Waals surface area contributed by atoms with E-state index in [9.17, 15) is 0 Å². The van der Waals surface area contributed by atoms with E-state index in [1.807, 2.05) is 6.92 Å². The number of nitrogens with one attached hydrogen (secondary N) is 1. The van der Waals surface area contributed by atoms with Crippen molar-refractivity contribution in [2.24, 2.45) is 5.84 Å². The number of aliphatic hydroxyl groups excluding tert-OH is 2. The summed E-state index contributed by atoms with van der Waals surface area (Å²) in [5.74, 6) is 3.94. The van der Waals surface area contributed by atoms with Gasteiger partial charge in [0, 0.05) is 13.5 Å². The number of nitrogens with two attached hydrogens (primary N) is 1. The van der Waals surface area contributed by atoms with Gasteiger partial charge in [0.2, 0.25) is 0 Å². The predicted molar refractivity (Wildman–Crippen MR) is 45.3 cm³/mol. The lowest BCUT2D eigenvalue weighted by Crippen LogP contribution is -2.20. The van der Waals surface area contributed by atoms with Crippen LogP contribution < -0.4 is 11.3 Å². The largest absolute Gasteiger partial charge is 0.481 e. The summed E-state index contributed by atoms with van der Waals surface area (Å²) < 4.78 is 0. The Kier molecular flexibility index (Phi) is 32.6. The van der Waals surface area contributed by atoms with Gasteiger partial charge in [0.05, 0.1) is 13.2 Å². The van der Waals surface area contributed by atoms with E-state index in [4.69, 9.17) is 26.0 Å². The van der Waals surface area contributed by atoms with Crippen LogP contribution in [-0.4, -0.2) is 41.0 Å². The summed E-state index contributed by atoms with van der Waals surface area (Å²) in [5, 5.41) is 22.7. The molecule has 0 rings (SSSR count). The molecule has 0 aliphatic heterocycles. The fourth-order valence-corrected chi connectivity index (χ4v) is 0. The molecule has 0 bridgehead atoms. The van der Waals surface area contributed by atoms with Gasteiger partial charge in [-0.05, 0) is 0 Å². The molecule has 6 heteroatoms. The number of carboxylic acids is 1. The molecule has 0 saturated heterocycles. The van der Waals surface area contributed by atoms with Crippen molar-refractivity contribution in [2.45, 2.75) is 13.8 Å². The fraction of sp³-hybridized carbons (Fsp3) is 0.833. The third-order valence-electron chi connectivity index (χ3n) is 0.304. The number of carbonyl (C=O) groups is 1. The standard InChI is InChI=1S/C2H8N2.C2H4O2.C2H6O2/c1-2-4-3;1-2(3)4;3-1-2-4/h4H,2-3H2,1H3;1H3,(H,3,4);3-4H,1-2H2. The molecule has 0 aromatic heterocycles. The van der Waals surface area contributed by atoms with Gasteiger partial charge in [0.15, 0.2) is 0 Å². The predicted octanol–water partition coefficient (Wildman–Crippen LogP) is -1.47. The molecular weight excluding hydrogens is 164 g/mol. The van der Waals surface area contributed by atoms with Gasteiger partial charge in [-0.15, -0.1) is 0 Å². The van der Waals surface area contributed by atoms with E-state index in [-0.39, 0.29) is 13.2 Å². The molecule has 0 spiro atoms. The van der Waals surface area contributed by atoms with Gasteiger partial charge in [-0.1, -0.05) is 6.92 Å². The van der Waals surface area contributed by atoms with Gasteiger partial charge in [-0.3, -0.25) is 16.1 Å². The number of aliphatic hydroxyl groups is 2. The maximum Gasteiger partial charge on any atom is 0.300 e. The first-order valence-electron chi connectivity index (χ1n) is 3.41. The summed E-state index contributed by atoms with van der Waals surface area (Å²) >= 11 is 0. The number of rotatable bonds is 2. The van der Waals surface area contributed by atoms with Crippen LogP contribution in [0.15, 0.2) is 0 Å². The third kappa shape index (κ3) is 375. The number of hydrogen-bond acceptors (Lipinski definition) is 5. The van der Waals surface area contributed by atoms with E-state index in [2.05, 4.69) is 5.43 Å². The van der Waals surface area contributed by atoms with Gasteiger partial charge in [-0.2, -0.15) is 0 Å². The van der Waals surface area contributed by atoms with Crippen LogP contribution in [0, 0.1) is 0 Å². The monoisotopic (exact) mass is 182 g/mol. The third-order valence-corrected chi connectivity index (χ3v) is 0.304. The topological polar surface area (TPSA) is 116 Å². The first kappa shape index (κ1) is 17.4. The van der Waals surface area contributed by atoms with Crippen LogP contribution >= 0.6 is 0 Å². The van der Waals surface area contributed by atoms with Crippen LogP contribution in [-0.2, 0) is 4.79 Å². The Morgan fingerprint density at radius 1 is 1.42 bits per heavy atom. The first-order valence-corrected chi connectivity index (χ1v) is 3.41. The quantitative estimate of drug-likeness (QED) is 0.263. The van der Waals surface area contributed by atoms with Crippen molar-refractivity contribution in [3.63, 3.8) is 0 Å². The maximum absolute atomic E-state index is 9.00. The van der Waals surface area contributed by atoms with Gasteiger partial charge in [0.25, 0.3) is 5.97 Å². The van der Waals surface area contributed by atoms with Crippen molar-refractivity contribution in [1.29, 1.82) is 0 Å². The lowest BCUT2D eigenvalue weighted by molar-refractivity contribution is -0.134. The van der Waals surface area contributed by atoms with Crippen molar-refractivity contribution in [2.75, 3.05) is 19.8 Å². The summed E-state index contributed by atoms with van der Waals surface area (Å²) in [6, 6.07) is 0. The molecule has 12 heavy (non-hydrogen) atoms. The van der Waals surface area contributed by atoms with Crippen molar-refractivity contribution in [3.8, 4) is 0 Å². The maximum atomic E-state index is 9.00. The highest BCUT2D eigenvalue weighted by Crippen LogP contribution is 1.42. The van der Waals surface area contributed by atoms with E-state index in [0.29, 0.717) is 0 Å². The van der Waals surface area contributed by atoms with E-state index in [0.717, 1.165) is 13.5 Å². The molecule has 0 radical (unpaired) electrons. The highest BCUT2D eigenvalue weighted by Gasteiger charge is 1.65. The molecule has 0 aliphatic rings. The number of aliphatic carboxylic acids is 1. The lowest BCUT2D eigenvalue weighted by Gasteiger charge is -1.77. The Morgan fingerprint density at radius 2 is 1.58 bits per heavy atom. The Balaban J connectivity index is -0.000000101. The summed E-state index contributed by atoms with van der Waals surface area (Å²) in [4.78, 5) is 9.00. The Labute approximate surface area is 72.0 Å². The average Bonchev–Trinajstić information content (AvgIpc) is 2.03. The molecular formula is C6H18N2O4. The van der Waals surface area contributed by atoms with Crippen LogP contribution in [0.3, 0.4) is 0 Å². The molecule has 0 amide bonds. The summed E-state index contributed by atoms with van der Waals surface area (Å²) in [5.41, 5.74) is 2.43. The molecule has 0 aromatic rings. The SMILES string of the molecule is CC(=O)O.CCNN.OCCO.